The van der Waals surface area contributed by atoms with Gasteiger partial charge in [-0.2, -0.15) is 0 Å². The second kappa shape index (κ2) is 5.99. The molecule has 0 heterocycles. The van der Waals surface area contributed by atoms with Crippen molar-refractivity contribution in [3.63, 3.8) is 0 Å². The molecule has 0 saturated heterocycles. The minimum atomic E-state index is 0.172. The van der Waals surface area contributed by atoms with Gasteiger partial charge < -0.3 is 10.1 Å². The SMILES string of the molecule is CCNCC(C)Oc1ccc(Cl)c(C)c1. The van der Waals surface area contributed by atoms with Gasteiger partial charge in [0.2, 0.25) is 0 Å². The van der Waals surface area contributed by atoms with Gasteiger partial charge in [-0.05, 0) is 44.2 Å². The number of ether oxygens (including phenoxy) is 1. The number of hydrogen-bond donors (Lipinski definition) is 1. The molecule has 0 amide bonds. The fraction of sp³-hybridized carbons (Fsp3) is 0.500. The van der Waals surface area contributed by atoms with Gasteiger partial charge in [0.05, 0.1) is 0 Å². The molecule has 0 aromatic heterocycles. The summed E-state index contributed by atoms with van der Waals surface area (Å²) < 4.78 is 5.73. The first kappa shape index (κ1) is 12.3. The zero-order valence-electron chi connectivity index (χ0n) is 9.51. The molecule has 0 aliphatic rings. The summed E-state index contributed by atoms with van der Waals surface area (Å²) in [6, 6.07) is 5.73. The van der Waals surface area contributed by atoms with Gasteiger partial charge in [-0.3, -0.25) is 0 Å². The molecule has 0 spiro atoms. The number of benzene rings is 1. The van der Waals surface area contributed by atoms with Crippen LogP contribution in [0.4, 0.5) is 0 Å². The highest BCUT2D eigenvalue weighted by Gasteiger charge is 2.04. The molecule has 2 nitrogen and oxygen atoms in total. The van der Waals surface area contributed by atoms with Crippen LogP contribution in [0.5, 0.6) is 5.75 Å². The van der Waals surface area contributed by atoms with Crippen molar-refractivity contribution in [2.75, 3.05) is 13.1 Å². The third-order valence-corrected chi connectivity index (χ3v) is 2.57. The fourth-order valence-electron chi connectivity index (χ4n) is 1.31. The van der Waals surface area contributed by atoms with Crippen molar-refractivity contribution in [1.29, 1.82) is 0 Å². The number of hydrogen-bond acceptors (Lipinski definition) is 2. The summed E-state index contributed by atoms with van der Waals surface area (Å²) in [7, 11) is 0. The normalized spacial score (nSPS) is 12.5. The Kier molecular flexibility index (Phi) is 4.92. The second-order valence-corrected chi connectivity index (χ2v) is 4.05. The van der Waals surface area contributed by atoms with Crippen LogP contribution in [-0.4, -0.2) is 19.2 Å². The van der Waals surface area contributed by atoms with Crippen molar-refractivity contribution in [3.05, 3.63) is 28.8 Å². The fourth-order valence-corrected chi connectivity index (χ4v) is 1.43. The van der Waals surface area contributed by atoms with E-state index in [0.717, 1.165) is 29.4 Å². The second-order valence-electron chi connectivity index (χ2n) is 3.65. The molecule has 1 unspecified atom stereocenters. The van der Waals surface area contributed by atoms with Gasteiger partial charge >= 0.3 is 0 Å². The van der Waals surface area contributed by atoms with Gasteiger partial charge in [0.1, 0.15) is 11.9 Å². The molecule has 0 saturated carbocycles. The zero-order chi connectivity index (χ0) is 11.3. The first-order valence-corrected chi connectivity index (χ1v) is 5.64. The average molecular weight is 228 g/mol. The number of likely N-dealkylation sites (N-methyl/N-ethyl adjacent to an activating group) is 1. The highest BCUT2D eigenvalue weighted by Crippen LogP contribution is 2.21. The van der Waals surface area contributed by atoms with Gasteiger partial charge in [-0.15, -0.1) is 0 Å². The molecule has 1 N–H and O–H groups in total. The molecule has 0 radical (unpaired) electrons. The minimum Gasteiger partial charge on any atom is -0.489 e. The van der Waals surface area contributed by atoms with E-state index in [1.807, 2.05) is 32.0 Å². The maximum absolute atomic E-state index is 5.93. The quantitative estimate of drug-likeness (QED) is 0.835. The predicted octanol–water partition coefficient (Wildman–Crippen LogP) is 3.03. The van der Waals surface area contributed by atoms with E-state index >= 15 is 0 Å². The molecular formula is C12H18ClNO. The Labute approximate surface area is 96.6 Å². The third-order valence-electron chi connectivity index (χ3n) is 2.15. The lowest BCUT2D eigenvalue weighted by Gasteiger charge is -2.15. The molecule has 1 aromatic rings. The molecule has 1 atom stereocenters. The molecular weight excluding hydrogens is 210 g/mol. The summed E-state index contributed by atoms with van der Waals surface area (Å²) in [5, 5.41) is 4.02. The molecule has 1 aromatic carbocycles. The molecule has 3 heteroatoms. The Morgan fingerprint density at radius 3 is 2.80 bits per heavy atom. The summed E-state index contributed by atoms with van der Waals surface area (Å²) >= 11 is 5.93. The predicted molar refractivity (Wildman–Crippen MR) is 64.8 cm³/mol. The summed E-state index contributed by atoms with van der Waals surface area (Å²) in [6.45, 7) is 7.93. The van der Waals surface area contributed by atoms with E-state index in [0.29, 0.717) is 0 Å². The Morgan fingerprint density at radius 1 is 1.47 bits per heavy atom. The number of aryl methyl sites for hydroxylation is 1. The highest BCUT2D eigenvalue weighted by molar-refractivity contribution is 6.31. The Bertz CT molecular complexity index is 314. The van der Waals surface area contributed by atoms with Gasteiger partial charge in [0, 0.05) is 11.6 Å². The van der Waals surface area contributed by atoms with Gasteiger partial charge in [0.25, 0.3) is 0 Å². The largest absolute Gasteiger partial charge is 0.489 e. The zero-order valence-corrected chi connectivity index (χ0v) is 10.3. The van der Waals surface area contributed by atoms with Crippen molar-refractivity contribution in [2.24, 2.45) is 0 Å². The van der Waals surface area contributed by atoms with E-state index in [1.54, 1.807) is 0 Å². The van der Waals surface area contributed by atoms with Gasteiger partial charge in [0.15, 0.2) is 0 Å². The first-order chi connectivity index (χ1) is 7.13. The van der Waals surface area contributed by atoms with Crippen LogP contribution in [0.15, 0.2) is 18.2 Å². The summed E-state index contributed by atoms with van der Waals surface area (Å²) in [4.78, 5) is 0. The van der Waals surface area contributed by atoms with Crippen molar-refractivity contribution in [1.82, 2.24) is 5.32 Å². The van der Waals surface area contributed by atoms with Crippen LogP contribution in [-0.2, 0) is 0 Å². The lowest BCUT2D eigenvalue weighted by molar-refractivity contribution is 0.218. The number of halogens is 1. The van der Waals surface area contributed by atoms with Crippen LogP contribution < -0.4 is 10.1 Å². The van der Waals surface area contributed by atoms with E-state index in [4.69, 9.17) is 16.3 Å². The maximum Gasteiger partial charge on any atom is 0.120 e. The molecule has 1 rings (SSSR count). The highest BCUT2D eigenvalue weighted by atomic mass is 35.5. The monoisotopic (exact) mass is 227 g/mol. The molecule has 0 aliphatic carbocycles. The van der Waals surface area contributed by atoms with Crippen LogP contribution in [0.2, 0.25) is 5.02 Å². The lowest BCUT2D eigenvalue weighted by atomic mass is 10.2. The van der Waals surface area contributed by atoms with E-state index in [-0.39, 0.29) is 6.10 Å². The van der Waals surface area contributed by atoms with Gasteiger partial charge in [-0.1, -0.05) is 18.5 Å². The minimum absolute atomic E-state index is 0.172. The van der Waals surface area contributed by atoms with Crippen LogP contribution in [0, 0.1) is 6.92 Å². The van der Waals surface area contributed by atoms with E-state index < -0.39 is 0 Å². The summed E-state index contributed by atoms with van der Waals surface area (Å²) in [6.07, 6.45) is 0.172. The van der Waals surface area contributed by atoms with Gasteiger partial charge in [-0.25, -0.2) is 0 Å². The van der Waals surface area contributed by atoms with Crippen molar-refractivity contribution < 1.29 is 4.74 Å². The van der Waals surface area contributed by atoms with Crippen LogP contribution >= 0.6 is 11.6 Å². The maximum atomic E-state index is 5.93. The molecule has 0 bridgehead atoms. The first-order valence-electron chi connectivity index (χ1n) is 5.27. The van der Waals surface area contributed by atoms with E-state index in [9.17, 15) is 0 Å². The Balaban J connectivity index is 2.53. The van der Waals surface area contributed by atoms with Crippen molar-refractivity contribution in [3.8, 4) is 5.75 Å². The van der Waals surface area contributed by atoms with Crippen LogP contribution in [0.1, 0.15) is 19.4 Å². The van der Waals surface area contributed by atoms with Crippen molar-refractivity contribution in [2.45, 2.75) is 26.9 Å². The number of rotatable bonds is 5. The standard InChI is InChI=1S/C12H18ClNO/c1-4-14-8-10(3)15-11-5-6-12(13)9(2)7-11/h5-7,10,14H,4,8H2,1-3H3. The Hall–Kier alpha value is -0.730. The van der Waals surface area contributed by atoms with E-state index in [1.165, 1.54) is 0 Å². The molecule has 0 aliphatic heterocycles. The lowest BCUT2D eigenvalue weighted by Crippen LogP contribution is -2.28. The topological polar surface area (TPSA) is 21.3 Å². The molecule has 15 heavy (non-hydrogen) atoms. The smallest absolute Gasteiger partial charge is 0.120 e. The van der Waals surface area contributed by atoms with Crippen LogP contribution in [0.3, 0.4) is 0 Å². The summed E-state index contributed by atoms with van der Waals surface area (Å²) in [5.74, 6) is 0.877. The molecule has 84 valence electrons. The van der Waals surface area contributed by atoms with E-state index in [2.05, 4.69) is 12.2 Å². The Morgan fingerprint density at radius 2 is 2.20 bits per heavy atom. The molecule has 0 fully saturated rings. The van der Waals surface area contributed by atoms with Crippen LogP contribution in [0.25, 0.3) is 0 Å². The van der Waals surface area contributed by atoms with Crippen molar-refractivity contribution >= 4 is 11.6 Å². The third kappa shape index (κ3) is 4.10. The summed E-state index contributed by atoms with van der Waals surface area (Å²) in [5.41, 5.74) is 1.05. The number of nitrogens with one attached hydrogen (secondary N) is 1. The average Bonchev–Trinajstić information content (AvgIpc) is 2.20.